The number of hydrogen-bond donors (Lipinski definition) is 1. The van der Waals surface area contributed by atoms with Crippen LogP contribution in [0.4, 0.5) is 0 Å². The molecule has 0 spiro atoms. The van der Waals surface area contributed by atoms with Crippen LogP contribution in [-0.4, -0.2) is 9.97 Å². The lowest BCUT2D eigenvalue weighted by Gasteiger charge is -2.14. The van der Waals surface area contributed by atoms with Crippen molar-refractivity contribution in [2.24, 2.45) is 5.92 Å². The minimum Gasteiger partial charge on any atom is -0.346 e. The van der Waals surface area contributed by atoms with Crippen molar-refractivity contribution in [2.45, 2.75) is 105 Å². The van der Waals surface area contributed by atoms with Crippen LogP contribution in [0.15, 0.2) is 0 Å². The molecule has 0 amide bonds. The third-order valence-electron chi connectivity index (χ3n) is 4.61. The summed E-state index contributed by atoms with van der Waals surface area (Å²) in [7, 11) is 0. The van der Waals surface area contributed by atoms with E-state index >= 15 is 0 Å². The molecule has 0 aliphatic heterocycles. The number of nitrogens with one attached hydrogen (secondary N) is 1. The number of aromatic nitrogens is 2. The van der Waals surface area contributed by atoms with E-state index in [9.17, 15) is 0 Å². The van der Waals surface area contributed by atoms with Gasteiger partial charge in [-0.1, -0.05) is 72.6 Å². The van der Waals surface area contributed by atoms with Crippen molar-refractivity contribution < 1.29 is 0 Å². The van der Waals surface area contributed by atoms with E-state index in [0.29, 0.717) is 0 Å². The van der Waals surface area contributed by atoms with Crippen molar-refractivity contribution in [3.05, 3.63) is 17.2 Å². The smallest absolute Gasteiger partial charge is 0.106 e. The monoisotopic (exact) mass is 306 g/mol. The molecule has 0 aliphatic carbocycles. The molecule has 0 bridgehead atoms. The van der Waals surface area contributed by atoms with Crippen LogP contribution < -0.4 is 0 Å². The number of aromatic amines is 1. The Balaban J connectivity index is 2.72. The molecule has 0 aliphatic rings. The van der Waals surface area contributed by atoms with Gasteiger partial charge in [0.15, 0.2) is 0 Å². The fourth-order valence-electron chi connectivity index (χ4n) is 3.24. The maximum atomic E-state index is 4.98. The van der Waals surface area contributed by atoms with E-state index in [1.54, 1.807) is 0 Å². The van der Waals surface area contributed by atoms with E-state index < -0.39 is 0 Å². The van der Waals surface area contributed by atoms with Gasteiger partial charge in [0.25, 0.3) is 0 Å². The van der Waals surface area contributed by atoms with E-state index in [1.165, 1.54) is 81.4 Å². The first kappa shape index (κ1) is 19.3. The lowest BCUT2D eigenvalue weighted by atomic mass is 9.93. The van der Waals surface area contributed by atoms with Crippen LogP contribution in [-0.2, 0) is 19.3 Å². The molecule has 0 saturated carbocycles. The molecule has 1 aromatic heterocycles. The summed E-state index contributed by atoms with van der Waals surface area (Å²) < 4.78 is 0. The van der Waals surface area contributed by atoms with Gasteiger partial charge >= 0.3 is 0 Å². The zero-order valence-electron chi connectivity index (χ0n) is 15.5. The SMILES string of the molecule is CCCCc1nc(CC(CCC)CCCC)[nH]c1CCCC. The Morgan fingerprint density at radius 3 is 2.14 bits per heavy atom. The third-order valence-corrected chi connectivity index (χ3v) is 4.61. The van der Waals surface area contributed by atoms with Gasteiger partial charge in [-0.05, 0) is 31.6 Å². The van der Waals surface area contributed by atoms with Gasteiger partial charge in [0.2, 0.25) is 0 Å². The molecule has 1 N–H and O–H groups in total. The summed E-state index contributed by atoms with van der Waals surface area (Å²) in [5, 5.41) is 0. The fourth-order valence-corrected chi connectivity index (χ4v) is 3.24. The molecule has 1 heterocycles. The fraction of sp³-hybridized carbons (Fsp3) is 0.850. The van der Waals surface area contributed by atoms with Crippen LogP contribution in [0.2, 0.25) is 0 Å². The van der Waals surface area contributed by atoms with Gasteiger partial charge in [-0.15, -0.1) is 0 Å². The summed E-state index contributed by atoms with van der Waals surface area (Å²) in [4.78, 5) is 8.65. The van der Waals surface area contributed by atoms with Crippen molar-refractivity contribution in [3.63, 3.8) is 0 Å². The third kappa shape index (κ3) is 6.98. The quantitative estimate of drug-likeness (QED) is 0.459. The molecule has 0 aromatic carbocycles. The molecule has 22 heavy (non-hydrogen) atoms. The second-order valence-electron chi connectivity index (χ2n) is 6.82. The Bertz CT molecular complexity index is 356. The summed E-state index contributed by atoms with van der Waals surface area (Å²) in [5.41, 5.74) is 2.78. The predicted octanol–water partition coefficient (Wildman–Crippen LogP) is 6.24. The molecular weight excluding hydrogens is 268 g/mol. The van der Waals surface area contributed by atoms with Crippen LogP contribution in [0.25, 0.3) is 0 Å². The zero-order chi connectivity index (χ0) is 16.2. The number of aryl methyl sites for hydroxylation is 2. The Morgan fingerprint density at radius 2 is 1.50 bits per heavy atom. The number of rotatable bonds is 13. The lowest BCUT2D eigenvalue weighted by Crippen LogP contribution is -2.06. The summed E-state index contributed by atoms with van der Waals surface area (Å²) in [6.45, 7) is 9.13. The van der Waals surface area contributed by atoms with Crippen LogP contribution in [0.1, 0.15) is 103 Å². The summed E-state index contributed by atoms with van der Waals surface area (Å²) in [5.74, 6) is 2.07. The highest BCUT2D eigenvalue weighted by molar-refractivity contribution is 5.16. The number of hydrogen-bond acceptors (Lipinski definition) is 1. The molecule has 0 saturated heterocycles. The summed E-state index contributed by atoms with van der Waals surface area (Å²) in [6.07, 6.45) is 15.2. The topological polar surface area (TPSA) is 28.7 Å². The Kier molecular flexibility index (Phi) is 10.3. The number of H-pyrrole nitrogens is 1. The van der Waals surface area contributed by atoms with Crippen molar-refractivity contribution in [1.29, 1.82) is 0 Å². The van der Waals surface area contributed by atoms with E-state index in [1.807, 2.05) is 0 Å². The first-order valence-corrected chi connectivity index (χ1v) is 9.81. The molecule has 1 aromatic rings. The van der Waals surface area contributed by atoms with Gasteiger partial charge in [0.1, 0.15) is 5.82 Å². The number of imidazole rings is 1. The molecule has 1 atom stereocenters. The van der Waals surface area contributed by atoms with E-state index in [0.717, 1.165) is 18.8 Å². The van der Waals surface area contributed by atoms with Crippen molar-refractivity contribution in [1.82, 2.24) is 9.97 Å². The molecule has 1 rings (SSSR count). The van der Waals surface area contributed by atoms with Gasteiger partial charge < -0.3 is 4.98 Å². The molecule has 2 nitrogen and oxygen atoms in total. The highest BCUT2D eigenvalue weighted by atomic mass is 14.9. The maximum Gasteiger partial charge on any atom is 0.106 e. The summed E-state index contributed by atoms with van der Waals surface area (Å²) >= 11 is 0. The van der Waals surface area contributed by atoms with E-state index in [2.05, 4.69) is 32.7 Å². The first-order chi connectivity index (χ1) is 10.7. The maximum absolute atomic E-state index is 4.98. The number of unbranched alkanes of at least 4 members (excludes halogenated alkanes) is 3. The second-order valence-corrected chi connectivity index (χ2v) is 6.82. The van der Waals surface area contributed by atoms with Gasteiger partial charge in [-0.2, -0.15) is 0 Å². The van der Waals surface area contributed by atoms with Crippen LogP contribution in [0.5, 0.6) is 0 Å². The van der Waals surface area contributed by atoms with Crippen molar-refractivity contribution in [3.8, 4) is 0 Å². The van der Waals surface area contributed by atoms with Crippen LogP contribution in [0.3, 0.4) is 0 Å². The van der Waals surface area contributed by atoms with E-state index in [-0.39, 0.29) is 0 Å². The van der Waals surface area contributed by atoms with Crippen LogP contribution >= 0.6 is 0 Å². The van der Waals surface area contributed by atoms with Crippen molar-refractivity contribution in [2.75, 3.05) is 0 Å². The first-order valence-electron chi connectivity index (χ1n) is 9.81. The normalized spacial score (nSPS) is 12.7. The van der Waals surface area contributed by atoms with Gasteiger partial charge in [0.05, 0.1) is 5.69 Å². The van der Waals surface area contributed by atoms with Crippen molar-refractivity contribution >= 4 is 0 Å². The largest absolute Gasteiger partial charge is 0.346 e. The predicted molar refractivity (Wildman–Crippen MR) is 97.4 cm³/mol. The summed E-state index contributed by atoms with van der Waals surface area (Å²) in [6, 6.07) is 0. The van der Waals surface area contributed by atoms with Gasteiger partial charge in [-0.25, -0.2) is 4.98 Å². The minimum atomic E-state index is 0.814. The highest BCUT2D eigenvalue weighted by Crippen LogP contribution is 2.21. The Hall–Kier alpha value is -0.790. The average Bonchev–Trinajstić information content (AvgIpc) is 2.90. The Morgan fingerprint density at radius 1 is 0.818 bits per heavy atom. The standard InChI is InChI=1S/C20H38N2/c1-5-9-13-17(12-8-4)16-20-21-18(14-10-6-2)19(22-20)15-11-7-3/h17H,5-16H2,1-4H3,(H,21,22). The second kappa shape index (κ2) is 11.7. The molecule has 128 valence electrons. The molecule has 0 fully saturated rings. The molecular formula is C20H38N2. The van der Waals surface area contributed by atoms with Gasteiger partial charge in [0, 0.05) is 12.1 Å². The highest BCUT2D eigenvalue weighted by Gasteiger charge is 2.14. The lowest BCUT2D eigenvalue weighted by molar-refractivity contribution is 0.420. The Labute approximate surface area is 138 Å². The molecule has 2 heteroatoms. The number of nitrogens with zero attached hydrogens (tertiary/aromatic N) is 1. The molecule has 1 unspecified atom stereocenters. The molecule has 0 radical (unpaired) electrons. The van der Waals surface area contributed by atoms with Crippen LogP contribution in [0, 0.1) is 5.92 Å². The zero-order valence-corrected chi connectivity index (χ0v) is 15.5. The minimum absolute atomic E-state index is 0.814. The van der Waals surface area contributed by atoms with Gasteiger partial charge in [-0.3, -0.25) is 0 Å². The average molecular weight is 307 g/mol. The van der Waals surface area contributed by atoms with E-state index in [4.69, 9.17) is 4.98 Å².